The summed E-state index contributed by atoms with van der Waals surface area (Å²) in [5, 5.41) is 3.46. The number of rotatable bonds is 1. The van der Waals surface area contributed by atoms with Gasteiger partial charge in [0.15, 0.2) is 11.5 Å². The van der Waals surface area contributed by atoms with E-state index in [1.54, 1.807) is 0 Å². The summed E-state index contributed by atoms with van der Waals surface area (Å²) in [6.45, 7) is 7.92. The molecule has 0 saturated carbocycles. The van der Waals surface area contributed by atoms with Crippen molar-refractivity contribution < 1.29 is 9.47 Å². The van der Waals surface area contributed by atoms with Crippen LogP contribution in [0.2, 0.25) is 0 Å². The molecule has 18 heavy (non-hydrogen) atoms. The van der Waals surface area contributed by atoms with Crippen molar-refractivity contribution in [3.63, 3.8) is 0 Å². The molecule has 4 heteroatoms. The molecular weight excluding hydrogens is 228 g/mol. The molecule has 0 aromatic heterocycles. The van der Waals surface area contributed by atoms with Gasteiger partial charge in [0.1, 0.15) is 12.7 Å². The van der Waals surface area contributed by atoms with Crippen LogP contribution >= 0.6 is 0 Å². The van der Waals surface area contributed by atoms with Crippen LogP contribution in [0, 0.1) is 0 Å². The summed E-state index contributed by atoms with van der Waals surface area (Å²) in [5.74, 6) is 1.78. The Bertz CT molecular complexity index is 436. The van der Waals surface area contributed by atoms with Gasteiger partial charge in [-0.3, -0.25) is 0 Å². The summed E-state index contributed by atoms with van der Waals surface area (Å²) in [6, 6.07) is 6.66. The third-order valence-corrected chi connectivity index (χ3v) is 3.46. The zero-order valence-electron chi connectivity index (χ0n) is 11.0. The number of nitrogens with zero attached hydrogens (tertiary/aromatic N) is 1. The second-order valence-corrected chi connectivity index (χ2v) is 5.15. The van der Waals surface area contributed by atoms with Gasteiger partial charge >= 0.3 is 0 Å². The van der Waals surface area contributed by atoms with E-state index in [0.29, 0.717) is 12.6 Å². The van der Waals surface area contributed by atoms with Gasteiger partial charge in [0.25, 0.3) is 0 Å². The van der Waals surface area contributed by atoms with Crippen LogP contribution in [-0.2, 0) is 0 Å². The van der Waals surface area contributed by atoms with Gasteiger partial charge in [0, 0.05) is 25.7 Å². The third-order valence-electron chi connectivity index (χ3n) is 3.46. The second-order valence-electron chi connectivity index (χ2n) is 5.15. The van der Waals surface area contributed by atoms with Gasteiger partial charge in [-0.05, 0) is 26.0 Å². The fourth-order valence-corrected chi connectivity index (χ4v) is 2.58. The zero-order chi connectivity index (χ0) is 12.5. The van der Waals surface area contributed by atoms with E-state index in [1.807, 2.05) is 19.1 Å². The number of para-hydroxylation sites is 1. The highest BCUT2D eigenvalue weighted by molar-refractivity contribution is 5.65. The molecule has 3 rings (SSSR count). The number of piperazine rings is 1. The summed E-state index contributed by atoms with van der Waals surface area (Å²) in [6.07, 6.45) is 0.124. The second kappa shape index (κ2) is 4.69. The summed E-state index contributed by atoms with van der Waals surface area (Å²) >= 11 is 0. The van der Waals surface area contributed by atoms with Gasteiger partial charge in [-0.15, -0.1) is 0 Å². The van der Waals surface area contributed by atoms with Crippen LogP contribution < -0.4 is 19.7 Å². The molecule has 1 N–H and O–H groups in total. The lowest BCUT2D eigenvalue weighted by atomic mass is 10.1. The first kappa shape index (κ1) is 11.7. The molecule has 2 aliphatic heterocycles. The SMILES string of the molecule is CC1CN(c2cccc3c2OC(C)CO3)CCN1. The number of hydrogen-bond donors (Lipinski definition) is 1. The lowest BCUT2D eigenvalue weighted by Crippen LogP contribution is -2.49. The molecule has 98 valence electrons. The topological polar surface area (TPSA) is 33.7 Å². The van der Waals surface area contributed by atoms with Crippen LogP contribution in [0.4, 0.5) is 5.69 Å². The van der Waals surface area contributed by atoms with Crippen molar-refractivity contribution in [1.82, 2.24) is 5.32 Å². The fraction of sp³-hybridized carbons (Fsp3) is 0.571. The average molecular weight is 248 g/mol. The predicted octanol–water partition coefficient (Wildman–Crippen LogP) is 1.64. The average Bonchev–Trinajstić information content (AvgIpc) is 2.38. The van der Waals surface area contributed by atoms with Gasteiger partial charge in [0.2, 0.25) is 0 Å². The van der Waals surface area contributed by atoms with Gasteiger partial charge in [-0.25, -0.2) is 0 Å². The highest BCUT2D eigenvalue weighted by atomic mass is 16.6. The molecule has 2 heterocycles. The fourth-order valence-electron chi connectivity index (χ4n) is 2.58. The Labute approximate surface area is 108 Å². The molecule has 0 bridgehead atoms. The molecule has 0 spiro atoms. The maximum absolute atomic E-state index is 5.96. The largest absolute Gasteiger partial charge is 0.486 e. The Balaban J connectivity index is 1.92. The van der Waals surface area contributed by atoms with Crippen molar-refractivity contribution in [2.75, 3.05) is 31.1 Å². The first-order valence-corrected chi connectivity index (χ1v) is 6.65. The molecule has 4 nitrogen and oxygen atoms in total. The molecule has 1 aromatic rings. The monoisotopic (exact) mass is 248 g/mol. The van der Waals surface area contributed by atoms with Crippen LogP contribution in [0.3, 0.4) is 0 Å². The summed E-state index contributed by atoms with van der Waals surface area (Å²) in [7, 11) is 0. The number of hydrogen-bond acceptors (Lipinski definition) is 4. The lowest BCUT2D eigenvalue weighted by molar-refractivity contribution is 0.104. The Morgan fingerprint density at radius 3 is 3.06 bits per heavy atom. The number of benzene rings is 1. The molecule has 2 aliphatic rings. The first-order valence-electron chi connectivity index (χ1n) is 6.65. The van der Waals surface area contributed by atoms with Crippen LogP contribution in [0.1, 0.15) is 13.8 Å². The van der Waals surface area contributed by atoms with E-state index in [4.69, 9.17) is 9.47 Å². The number of nitrogens with one attached hydrogen (secondary N) is 1. The zero-order valence-corrected chi connectivity index (χ0v) is 11.0. The Morgan fingerprint density at radius 1 is 1.33 bits per heavy atom. The van der Waals surface area contributed by atoms with E-state index in [0.717, 1.165) is 36.8 Å². The molecular formula is C14H20N2O2. The molecule has 0 amide bonds. The minimum absolute atomic E-state index is 0.124. The standard InChI is InChI=1S/C14H20N2O2/c1-10-8-16(7-6-15-10)12-4-3-5-13-14(12)18-11(2)9-17-13/h3-5,10-11,15H,6-9H2,1-2H3. The highest BCUT2D eigenvalue weighted by Gasteiger charge is 2.25. The molecule has 0 radical (unpaired) electrons. The van der Waals surface area contributed by atoms with Crippen molar-refractivity contribution in [3.05, 3.63) is 18.2 Å². The van der Waals surface area contributed by atoms with Crippen molar-refractivity contribution in [3.8, 4) is 11.5 Å². The van der Waals surface area contributed by atoms with Crippen molar-refractivity contribution in [2.45, 2.75) is 26.0 Å². The smallest absolute Gasteiger partial charge is 0.185 e. The summed E-state index contributed by atoms with van der Waals surface area (Å²) in [5.41, 5.74) is 1.16. The maximum Gasteiger partial charge on any atom is 0.185 e. The minimum atomic E-state index is 0.124. The molecule has 1 aromatic carbocycles. The number of fused-ring (bicyclic) bond motifs is 1. The van der Waals surface area contributed by atoms with E-state index in [-0.39, 0.29) is 6.10 Å². The van der Waals surface area contributed by atoms with Gasteiger partial charge < -0.3 is 19.7 Å². The Kier molecular flexibility index (Phi) is 3.04. The molecule has 1 saturated heterocycles. The van der Waals surface area contributed by atoms with Crippen molar-refractivity contribution in [2.24, 2.45) is 0 Å². The van der Waals surface area contributed by atoms with Gasteiger partial charge in [0.05, 0.1) is 5.69 Å². The maximum atomic E-state index is 5.96. The normalized spacial score (nSPS) is 27.1. The molecule has 0 aliphatic carbocycles. The molecule has 1 fully saturated rings. The van der Waals surface area contributed by atoms with E-state index < -0.39 is 0 Å². The van der Waals surface area contributed by atoms with Gasteiger partial charge in [-0.1, -0.05) is 6.07 Å². The lowest BCUT2D eigenvalue weighted by Gasteiger charge is -2.36. The van der Waals surface area contributed by atoms with E-state index >= 15 is 0 Å². The quantitative estimate of drug-likeness (QED) is 0.819. The van der Waals surface area contributed by atoms with E-state index in [2.05, 4.69) is 23.2 Å². The van der Waals surface area contributed by atoms with Crippen LogP contribution in [0.25, 0.3) is 0 Å². The van der Waals surface area contributed by atoms with Crippen molar-refractivity contribution in [1.29, 1.82) is 0 Å². The van der Waals surface area contributed by atoms with Crippen LogP contribution in [0.15, 0.2) is 18.2 Å². The van der Waals surface area contributed by atoms with E-state index in [9.17, 15) is 0 Å². The highest BCUT2D eigenvalue weighted by Crippen LogP contribution is 2.40. The molecule has 2 atom stereocenters. The van der Waals surface area contributed by atoms with E-state index in [1.165, 1.54) is 0 Å². The summed E-state index contributed by atoms with van der Waals surface area (Å²) in [4.78, 5) is 2.38. The minimum Gasteiger partial charge on any atom is -0.486 e. The van der Waals surface area contributed by atoms with Crippen LogP contribution in [-0.4, -0.2) is 38.4 Å². The molecule has 2 unspecified atom stereocenters. The Morgan fingerprint density at radius 2 is 2.22 bits per heavy atom. The Hall–Kier alpha value is -1.42. The first-order chi connectivity index (χ1) is 8.74. The third kappa shape index (κ3) is 2.12. The summed E-state index contributed by atoms with van der Waals surface area (Å²) < 4.78 is 11.7. The van der Waals surface area contributed by atoms with Crippen molar-refractivity contribution >= 4 is 5.69 Å². The number of ether oxygens (including phenoxy) is 2. The predicted molar refractivity (Wildman–Crippen MR) is 71.7 cm³/mol. The number of anilines is 1. The van der Waals surface area contributed by atoms with Gasteiger partial charge in [-0.2, -0.15) is 0 Å². The van der Waals surface area contributed by atoms with Crippen LogP contribution in [0.5, 0.6) is 11.5 Å².